The molecule has 0 aliphatic carbocycles. The van der Waals surface area contributed by atoms with Crippen molar-refractivity contribution in [2.45, 2.75) is 19.0 Å². The Morgan fingerprint density at radius 3 is 2.48 bits per heavy atom. The summed E-state index contributed by atoms with van der Waals surface area (Å²) in [7, 11) is 0. The molecule has 0 saturated carbocycles. The van der Waals surface area contributed by atoms with E-state index in [0.29, 0.717) is 5.56 Å². The highest BCUT2D eigenvalue weighted by molar-refractivity contribution is 6.00. The van der Waals surface area contributed by atoms with Gasteiger partial charge >= 0.3 is 0 Å². The average Bonchev–Trinajstić information content (AvgIpc) is 3.10. The Labute approximate surface area is 145 Å². The van der Waals surface area contributed by atoms with Gasteiger partial charge in [-0.25, -0.2) is 4.39 Å². The van der Waals surface area contributed by atoms with Gasteiger partial charge in [0, 0.05) is 18.0 Å². The van der Waals surface area contributed by atoms with Crippen LogP contribution < -0.4 is 0 Å². The first-order valence-corrected chi connectivity index (χ1v) is 8.20. The third-order valence-corrected chi connectivity index (χ3v) is 4.59. The van der Waals surface area contributed by atoms with Crippen LogP contribution in [0.4, 0.5) is 4.39 Å². The van der Waals surface area contributed by atoms with E-state index in [4.69, 9.17) is 0 Å². The van der Waals surface area contributed by atoms with Gasteiger partial charge in [0.05, 0.1) is 5.69 Å². The second kappa shape index (κ2) is 6.13. The quantitative estimate of drug-likeness (QED) is 0.649. The number of Topliss-reactive ketones (excluding diaryl/α,β-unsaturated/α-hetero) is 1. The summed E-state index contributed by atoms with van der Waals surface area (Å²) >= 11 is 0. The van der Waals surface area contributed by atoms with Gasteiger partial charge in [-0.1, -0.05) is 29.8 Å². The molecule has 2 aromatic carbocycles. The maximum atomic E-state index is 13.2. The summed E-state index contributed by atoms with van der Waals surface area (Å²) in [5.74, 6) is -0.421. The molecule has 3 aromatic rings. The van der Waals surface area contributed by atoms with Gasteiger partial charge in [-0.2, -0.15) is 0 Å². The van der Waals surface area contributed by atoms with E-state index in [-0.39, 0.29) is 17.6 Å². The van der Waals surface area contributed by atoms with Crippen LogP contribution in [-0.2, 0) is 0 Å². The molecule has 0 fully saturated rings. The van der Waals surface area contributed by atoms with Gasteiger partial charge < -0.3 is 4.57 Å². The van der Waals surface area contributed by atoms with Crippen molar-refractivity contribution in [1.82, 2.24) is 4.57 Å². The molecule has 1 aliphatic rings. The number of ketones is 1. The zero-order chi connectivity index (χ0) is 17.4. The van der Waals surface area contributed by atoms with E-state index in [2.05, 4.69) is 4.99 Å². The van der Waals surface area contributed by atoms with Crippen LogP contribution in [0.5, 0.6) is 0 Å². The number of halogens is 1. The minimum Gasteiger partial charge on any atom is -0.333 e. The number of hydrogen-bond donors (Lipinski definition) is 0. The second-order valence-electron chi connectivity index (χ2n) is 6.29. The number of carbonyl (C=O) groups is 1. The zero-order valence-corrected chi connectivity index (χ0v) is 13.8. The highest BCUT2D eigenvalue weighted by Crippen LogP contribution is 2.36. The number of aliphatic imine (C=N–C) groups is 1. The first-order valence-electron chi connectivity index (χ1n) is 8.20. The molecule has 0 unspecified atom stereocenters. The fourth-order valence-corrected chi connectivity index (χ4v) is 3.25. The molecular weight excluding hydrogens is 315 g/mol. The lowest BCUT2D eigenvalue weighted by atomic mass is 9.91. The summed E-state index contributed by atoms with van der Waals surface area (Å²) in [4.78, 5) is 17.9. The fourth-order valence-electron chi connectivity index (χ4n) is 3.25. The Morgan fingerprint density at radius 1 is 1.04 bits per heavy atom. The first kappa shape index (κ1) is 15.5. The number of aryl methyl sites for hydroxylation is 1. The third-order valence-electron chi connectivity index (χ3n) is 4.59. The lowest BCUT2D eigenvalue weighted by molar-refractivity contribution is 0.0905. The van der Waals surface area contributed by atoms with Crippen LogP contribution >= 0.6 is 0 Å². The van der Waals surface area contributed by atoms with Gasteiger partial charge in [0.15, 0.2) is 5.78 Å². The molecule has 2 atom stereocenters. The van der Waals surface area contributed by atoms with E-state index in [1.165, 1.54) is 24.3 Å². The Kier molecular flexibility index (Phi) is 3.80. The Balaban J connectivity index is 1.79. The number of carbonyl (C=O) groups excluding carboxylic acids is 1. The molecule has 1 aromatic heterocycles. The van der Waals surface area contributed by atoms with E-state index in [0.717, 1.165) is 16.8 Å². The van der Waals surface area contributed by atoms with Crippen molar-refractivity contribution >= 4 is 12.0 Å². The number of nitrogens with zero attached hydrogens (tertiary/aromatic N) is 2. The molecule has 0 amide bonds. The van der Waals surface area contributed by atoms with Crippen LogP contribution in [0, 0.1) is 12.7 Å². The number of rotatable bonds is 3. The largest absolute Gasteiger partial charge is 0.333 e. The zero-order valence-electron chi connectivity index (χ0n) is 13.8. The molecular formula is C21H17FN2O. The van der Waals surface area contributed by atoms with Gasteiger partial charge in [-0.05, 0) is 48.9 Å². The minimum atomic E-state index is -0.483. The average molecular weight is 332 g/mol. The summed E-state index contributed by atoms with van der Waals surface area (Å²) in [6.45, 7) is 2.03. The normalized spacial score (nSPS) is 18.8. The van der Waals surface area contributed by atoms with Crippen LogP contribution in [0.3, 0.4) is 0 Å². The van der Waals surface area contributed by atoms with Crippen LogP contribution in [0.25, 0.3) is 0 Å². The molecule has 3 nitrogen and oxygen atoms in total. The Hall–Kier alpha value is -3.01. The summed E-state index contributed by atoms with van der Waals surface area (Å²) < 4.78 is 15.2. The highest BCUT2D eigenvalue weighted by Gasteiger charge is 2.34. The van der Waals surface area contributed by atoms with Crippen molar-refractivity contribution in [3.63, 3.8) is 0 Å². The van der Waals surface area contributed by atoms with Crippen LogP contribution in [-0.4, -0.2) is 16.6 Å². The van der Waals surface area contributed by atoms with E-state index in [1.54, 1.807) is 6.21 Å². The van der Waals surface area contributed by atoms with Crippen molar-refractivity contribution in [2.24, 2.45) is 4.99 Å². The van der Waals surface area contributed by atoms with Crippen molar-refractivity contribution < 1.29 is 9.18 Å². The first-order chi connectivity index (χ1) is 12.1. The lowest BCUT2D eigenvalue weighted by Gasteiger charge is -2.29. The molecule has 0 N–H and O–H groups in total. The molecule has 0 spiro atoms. The van der Waals surface area contributed by atoms with Gasteiger partial charge in [0.1, 0.15) is 17.9 Å². The Morgan fingerprint density at radius 2 is 1.76 bits per heavy atom. The topological polar surface area (TPSA) is 34.4 Å². The molecule has 4 heteroatoms. The molecule has 4 rings (SSSR count). The van der Waals surface area contributed by atoms with E-state index >= 15 is 0 Å². The number of fused-ring (bicyclic) bond motifs is 1. The Bertz CT molecular complexity index is 939. The van der Waals surface area contributed by atoms with E-state index in [9.17, 15) is 9.18 Å². The minimum absolute atomic E-state index is 0.0696. The molecule has 0 bridgehead atoms. The molecule has 25 heavy (non-hydrogen) atoms. The second-order valence-corrected chi connectivity index (χ2v) is 6.29. The van der Waals surface area contributed by atoms with Crippen LogP contribution in [0.15, 0.2) is 71.9 Å². The van der Waals surface area contributed by atoms with Gasteiger partial charge in [-0.3, -0.25) is 9.79 Å². The fraction of sp³-hybridized carbons (Fsp3) is 0.143. The standard InChI is InChI=1S/C21H17FN2O/c1-14-4-6-15(7-5-14)19-20(24-12-2-3-18(24)13-23-19)21(25)16-8-10-17(22)11-9-16/h2-13,19-20H,1H3/t19-,20+/m1/s1. The summed E-state index contributed by atoms with van der Waals surface area (Å²) in [5.41, 5.74) is 3.53. The van der Waals surface area contributed by atoms with Crippen molar-refractivity contribution in [3.05, 3.63) is 95.1 Å². The lowest BCUT2D eigenvalue weighted by Crippen LogP contribution is -2.29. The van der Waals surface area contributed by atoms with Gasteiger partial charge in [0.25, 0.3) is 0 Å². The van der Waals surface area contributed by atoms with Crippen molar-refractivity contribution in [3.8, 4) is 0 Å². The van der Waals surface area contributed by atoms with Gasteiger partial charge in [0.2, 0.25) is 0 Å². The summed E-state index contributed by atoms with van der Waals surface area (Å²) in [6, 6.07) is 16.8. The van der Waals surface area contributed by atoms with Crippen LogP contribution in [0.2, 0.25) is 0 Å². The monoisotopic (exact) mass is 332 g/mol. The third kappa shape index (κ3) is 2.80. The highest BCUT2D eigenvalue weighted by atomic mass is 19.1. The maximum Gasteiger partial charge on any atom is 0.188 e. The number of aromatic nitrogens is 1. The number of benzene rings is 2. The predicted octanol–water partition coefficient (Wildman–Crippen LogP) is 4.53. The van der Waals surface area contributed by atoms with E-state index in [1.807, 2.05) is 54.1 Å². The van der Waals surface area contributed by atoms with Crippen LogP contribution in [0.1, 0.15) is 39.3 Å². The van der Waals surface area contributed by atoms with Crippen molar-refractivity contribution in [2.75, 3.05) is 0 Å². The van der Waals surface area contributed by atoms with Crippen molar-refractivity contribution in [1.29, 1.82) is 0 Å². The number of hydrogen-bond acceptors (Lipinski definition) is 2. The van der Waals surface area contributed by atoms with E-state index < -0.39 is 6.04 Å². The summed E-state index contributed by atoms with van der Waals surface area (Å²) in [6.07, 6.45) is 3.70. The SMILES string of the molecule is Cc1ccc([C@H]2N=Cc3cccn3[C@@H]2C(=O)c2ccc(F)cc2)cc1. The molecule has 0 radical (unpaired) electrons. The van der Waals surface area contributed by atoms with Gasteiger partial charge in [-0.15, -0.1) is 0 Å². The molecule has 2 heterocycles. The smallest absolute Gasteiger partial charge is 0.188 e. The maximum absolute atomic E-state index is 13.2. The molecule has 124 valence electrons. The predicted molar refractivity (Wildman–Crippen MR) is 95.7 cm³/mol. The summed E-state index contributed by atoms with van der Waals surface area (Å²) in [5, 5.41) is 0. The molecule has 1 aliphatic heterocycles. The molecule has 0 saturated heterocycles.